The molecule has 1 aliphatic heterocycles. The molecule has 0 aliphatic carbocycles. The number of nitriles is 1. The molecule has 1 aromatic heterocycles. The smallest absolute Gasteiger partial charge is 0.417 e. The van der Waals surface area contributed by atoms with Crippen molar-refractivity contribution in [2.75, 3.05) is 47.9 Å². The van der Waals surface area contributed by atoms with Crippen molar-refractivity contribution in [3.63, 3.8) is 0 Å². The van der Waals surface area contributed by atoms with Gasteiger partial charge in [-0.3, -0.25) is 9.80 Å². The molecule has 3 aromatic rings. The van der Waals surface area contributed by atoms with Gasteiger partial charge in [0.25, 0.3) is 0 Å². The van der Waals surface area contributed by atoms with E-state index < -0.39 is 49.5 Å². The second-order valence-corrected chi connectivity index (χ2v) is 17.7. The van der Waals surface area contributed by atoms with Gasteiger partial charge in [0, 0.05) is 49.2 Å². The van der Waals surface area contributed by atoms with Gasteiger partial charge in [0.15, 0.2) is 20.0 Å². The third-order valence-corrected chi connectivity index (χ3v) is 13.2. The number of hydrogen-bond donors (Lipinski definition) is 2. The standard InChI is InChI=1S/C33H37F5N6O4Si/c1-7-43-29-24(15-21(19-41-29)33(36,37)38)23-9-8-20(18-39)14-27(23)44(30(43)45)28-25(34)16-22(17-26(28)35)40-10-11-42(31(46)47)12-13-48-49(5,6)32(2,3)4/h8-9,14-17,19,40H,7,10-13H2,1-6H3,(H,46,47). The minimum absolute atomic E-state index is 0.0100. The number of carboxylic acid groups (broad SMARTS) is 1. The fraction of sp³-hybridized carbons (Fsp3) is 0.394. The number of rotatable bonds is 10. The largest absolute Gasteiger partial charge is 0.465 e. The molecule has 2 N–H and O–H groups in total. The van der Waals surface area contributed by atoms with Crippen LogP contribution in [0.15, 0.2) is 42.6 Å². The summed E-state index contributed by atoms with van der Waals surface area (Å²) in [6.45, 7) is 11.9. The Kier molecular flexibility index (Phi) is 10.6. The number of benzene rings is 2. The molecule has 1 aliphatic rings. The summed E-state index contributed by atoms with van der Waals surface area (Å²) in [6, 6.07) is 7.27. The summed E-state index contributed by atoms with van der Waals surface area (Å²) in [5.41, 5.74) is -2.35. The van der Waals surface area contributed by atoms with Crippen LogP contribution >= 0.6 is 0 Å². The van der Waals surface area contributed by atoms with E-state index in [9.17, 15) is 33.1 Å². The average molecular weight is 705 g/mol. The van der Waals surface area contributed by atoms with Gasteiger partial charge in [0.1, 0.15) is 11.5 Å². The van der Waals surface area contributed by atoms with Crippen molar-refractivity contribution in [2.45, 2.75) is 52.0 Å². The molecule has 262 valence electrons. The highest BCUT2D eigenvalue weighted by atomic mass is 28.4. The number of fused-ring (bicyclic) bond motifs is 3. The molecule has 0 saturated carbocycles. The fourth-order valence-corrected chi connectivity index (χ4v) is 6.04. The molecule has 16 heteroatoms. The number of urea groups is 1. The Morgan fingerprint density at radius 1 is 1.08 bits per heavy atom. The fourth-order valence-electron chi connectivity index (χ4n) is 5.00. The highest BCUT2D eigenvalue weighted by Gasteiger charge is 2.39. The van der Waals surface area contributed by atoms with Gasteiger partial charge < -0.3 is 19.7 Å². The molecular formula is C33H37F5N6O4Si. The van der Waals surface area contributed by atoms with Crippen LogP contribution in [-0.4, -0.2) is 68.2 Å². The van der Waals surface area contributed by atoms with Crippen molar-refractivity contribution in [2.24, 2.45) is 0 Å². The Bertz CT molecular complexity index is 1770. The molecule has 49 heavy (non-hydrogen) atoms. The first-order valence-electron chi connectivity index (χ1n) is 15.4. The summed E-state index contributed by atoms with van der Waals surface area (Å²) in [5, 5.41) is 22.0. The third-order valence-electron chi connectivity index (χ3n) is 8.70. The zero-order valence-corrected chi connectivity index (χ0v) is 28.9. The van der Waals surface area contributed by atoms with Crippen LogP contribution in [0.5, 0.6) is 0 Å². The number of anilines is 4. The van der Waals surface area contributed by atoms with Crippen LogP contribution < -0.4 is 15.1 Å². The number of alkyl halides is 3. The number of nitrogens with one attached hydrogen (secondary N) is 1. The van der Waals surface area contributed by atoms with Gasteiger partial charge in [0.2, 0.25) is 0 Å². The monoisotopic (exact) mass is 704 g/mol. The van der Waals surface area contributed by atoms with Crippen LogP contribution in [0.25, 0.3) is 11.1 Å². The molecule has 10 nitrogen and oxygen atoms in total. The number of carbonyl (C=O) groups excluding carboxylic acids is 1. The van der Waals surface area contributed by atoms with E-state index >= 15 is 8.78 Å². The quantitative estimate of drug-likeness (QED) is 0.161. The first-order valence-corrected chi connectivity index (χ1v) is 18.3. The van der Waals surface area contributed by atoms with Gasteiger partial charge in [-0.1, -0.05) is 26.8 Å². The van der Waals surface area contributed by atoms with Crippen LogP contribution in [0, 0.1) is 23.0 Å². The van der Waals surface area contributed by atoms with E-state index in [2.05, 4.69) is 31.1 Å². The summed E-state index contributed by atoms with van der Waals surface area (Å²) >= 11 is 0. The van der Waals surface area contributed by atoms with Crippen LogP contribution in [0.2, 0.25) is 18.1 Å². The molecule has 4 rings (SSSR count). The minimum atomic E-state index is -4.77. The second kappa shape index (κ2) is 14.0. The van der Waals surface area contributed by atoms with E-state index in [0.717, 1.165) is 34.1 Å². The van der Waals surface area contributed by atoms with Crippen LogP contribution in [0.4, 0.5) is 54.4 Å². The number of nitrogens with zero attached hydrogens (tertiary/aromatic N) is 5. The third kappa shape index (κ3) is 7.78. The Morgan fingerprint density at radius 2 is 1.73 bits per heavy atom. The molecular weight excluding hydrogens is 667 g/mol. The lowest BCUT2D eigenvalue weighted by molar-refractivity contribution is -0.137. The Morgan fingerprint density at radius 3 is 2.29 bits per heavy atom. The van der Waals surface area contributed by atoms with Gasteiger partial charge in [0.05, 0.1) is 29.5 Å². The first-order chi connectivity index (χ1) is 22.8. The summed E-state index contributed by atoms with van der Waals surface area (Å²) in [4.78, 5) is 32.5. The van der Waals surface area contributed by atoms with Crippen LogP contribution in [0.3, 0.4) is 0 Å². The van der Waals surface area contributed by atoms with Crippen molar-refractivity contribution in [1.82, 2.24) is 9.88 Å². The zero-order chi connectivity index (χ0) is 36.5. The molecule has 0 saturated heterocycles. The van der Waals surface area contributed by atoms with E-state index in [1.54, 1.807) is 0 Å². The van der Waals surface area contributed by atoms with E-state index in [4.69, 9.17) is 4.43 Å². The number of pyridine rings is 1. The van der Waals surface area contributed by atoms with Crippen molar-refractivity contribution in [1.29, 1.82) is 5.26 Å². The van der Waals surface area contributed by atoms with Gasteiger partial charge >= 0.3 is 18.3 Å². The molecule has 0 radical (unpaired) electrons. The Hall–Kier alpha value is -4.75. The van der Waals surface area contributed by atoms with Crippen LogP contribution in [0.1, 0.15) is 38.8 Å². The van der Waals surface area contributed by atoms with Crippen LogP contribution in [-0.2, 0) is 10.6 Å². The number of aromatic nitrogens is 1. The molecule has 0 atom stereocenters. The molecule has 0 unspecified atom stereocenters. The normalized spacial score (nSPS) is 13.4. The van der Waals surface area contributed by atoms with E-state index in [1.165, 1.54) is 19.1 Å². The predicted octanol–water partition coefficient (Wildman–Crippen LogP) is 8.43. The van der Waals surface area contributed by atoms with Gasteiger partial charge in [-0.25, -0.2) is 23.4 Å². The first kappa shape index (κ1) is 37.1. The molecule has 3 amide bonds. The SMILES string of the molecule is CCN1C(=O)N(c2c(F)cc(NCCN(CCO[Si](C)(C)C(C)(C)C)C(=O)O)cc2F)c2cc(C#N)ccc2-c2cc(C(F)(F)F)cnc21. The highest BCUT2D eigenvalue weighted by Crippen LogP contribution is 2.46. The molecule has 0 fully saturated rings. The predicted molar refractivity (Wildman–Crippen MR) is 178 cm³/mol. The molecule has 2 aromatic carbocycles. The van der Waals surface area contributed by atoms with Gasteiger partial charge in [-0.15, -0.1) is 0 Å². The van der Waals surface area contributed by atoms with E-state index in [0.29, 0.717) is 11.1 Å². The summed E-state index contributed by atoms with van der Waals surface area (Å²) in [7, 11) is -2.11. The lowest BCUT2D eigenvalue weighted by Crippen LogP contribution is -2.44. The number of carbonyl (C=O) groups is 2. The van der Waals surface area contributed by atoms with Crippen molar-refractivity contribution in [3.8, 4) is 17.2 Å². The Labute approximate surface area is 281 Å². The zero-order valence-electron chi connectivity index (χ0n) is 27.9. The summed E-state index contributed by atoms with van der Waals surface area (Å²) in [5.74, 6) is -2.56. The van der Waals surface area contributed by atoms with Gasteiger partial charge in [-0.05, 0) is 55.4 Å². The van der Waals surface area contributed by atoms with Crippen molar-refractivity contribution >= 4 is 43.3 Å². The van der Waals surface area contributed by atoms with Crippen molar-refractivity contribution < 1.29 is 41.1 Å². The van der Waals surface area contributed by atoms with Crippen molar-refractivity contribution in [3.05, 3.63) is 65.4 Å². The lowest BCUT2D eigenvalue weighted by atomic mass is 10.00. The number of hydrogen-bond acceptors (Lipinski definition) is 6. The maximum Gasteiger partial charge on any atom is 0.417 e. The van der Waals surface area contributed by atoms with E-state index in [1.807, 2.05) is 19.2 Å². The highest BCUT2D eigenvalue weighted by molar-refractivity contribution is 6.74. The van der Waals surface area contributed by atoms with Gasteiger partial charge in [-0.2, -0.15) is 18.4 Å². The molecule has 0 spiro atoms. The second-order valence-electron chi connectivity index (χ2n) is 12.9. The lowest BCUT2D eigenvalue weighted by Gasteiger charge is -2.36. The maximum atomic E-state index is 15.9. The minimum Gasteiger partial charge on any atom is -0.465 e. The molecule has 2 heterocycles. The summed E-state index contributed by atoms with van der Waals surface area (Å²) in [6.07, 6.45) is -5.40. The number of halogens is 5. The van der Waals surface area contributed by atoms with E-state index in [-0.39, 0.29) is 71.7 Å². The Balaban J connectivity index is 1.65. The topological polar surface area (TPSA) is 122 Å². The maximum absolute atomic E-state index is 15.9. The summed E-state index contributed by atoms with van der Waals surface area (Å²) < 4.78 is 78.9. The number of amides is 3. The molecule has 0 bridgehead atoms. The average Bonchev–Trinajstić information content (AvgIpc) is 3.10.